The van der Waals surface area contributed by atoms with Crippen molar-refractivity contribution in [2.75, 3.05) is 0 Å². The van der Waals surface area contributed by atoms with Crippen LogP contribution in [0.4, 0.5) is 0 Å². The van der Waals surface area contributed by atoms with E-state index in [1.807, 2.05) is 18.3 Å². The summed E-state index contributed by atoms with van der Waals surface area (Å²) in [6.07, 6.45) is 3.68. The molecule has 35 heavy (non-hydrogen) atoms. The summed E-state index contributed by atoms with van der Waals surface area (Å²) in [4.78, 5) is 4.25. The Morgan fingerprint density at radius 2 is 1.26 bits per heavy atom. The Hall–Kier alpha value is -4.37. The van der Waals surface area contributed by atoms with Crippen LogP contribution >= 0.6 is 0 Å². The molecule has 0 unspecified atom stereocenters. The third kappa shape index (κ3) is 3.08. The molecule has 0 saturated heterocycles. The number of ether oxygens (including phenoxy) is 2. The normalized spacial score (nSPS) is 14.1. The molecule has 5 aromatic rings. The number of benzene rings is 4. The molecule has 0 N–H and O–H groups in total. The van der Waals surface area contributed by atoms with Gasteiger partial charge < -0.3 is 9.47 Å². The maximum Gasteiger partial charge on any atom is 0.170 e. The molecule has 0 saturated carbocycles. The molecule has 0 amide bonds. The Labute approximate surface area is 204 Å². The highest BCUT2D eigenvalue weighted by atomic mass is 16.6. The third-order valence-electron chi connectivity index (χ3n) is 7.22. The van der Waals surface area contributed by atoms with Gasteiger partial charge in [0.15, 0.2) is 23.0 Å². The fraction of sp³-hybridized carbons (Fsp3) is 0.0938. The fourth-order valence-electron chi connectivity index (χ4n) is 5.37. The summed E-state index contributed by atoms with van der Waals surface area (Å²) in [7, 11) is 0. The summed E-state index contributed by atoms with van der Waals surface area (Å²) in [6.45, 7) is 4.55. The van der Waals surface area contributed by atoms with E-state index in [4.69, 9.17) is 9.47 Å². The molecule has 0 fully saturated rings. The topological polar surface area (TPSA) is 31.4 Å². The molecule has 1 aromatic heterocycles. The molecule has 4 aromatic carbocycles. The van der Waals surface area contributed by atoms with Gasteiger partial charge in [0.1, 0.15) is 0 Å². The Kier molecular flexibility index (Phi) is 4.19. The Bertz CT molecular complexity index is 1620. The Morgan fingerprint density at radius 1 is 0.543 bits per heavy atom. The first-order valence-electron chi connectivity index (χ1n) is 11.9. The summed E-state index contributed by atoms with van der Waals surface area (Å²) in [5.74, 6) is 2.98. The van der Waals surface area contributed by atoms with Gasteiger partial charge in [0.2, 0.25) is 0 Å². The van der Waals surface area contributed by atoms with Gasteiger partial charge in [-0.1, -0.05) is 68.4 Å². The van der Waals surface area contributed by atoms with Crippen LogP contribution in [0.3, 0.4) is 0 Å². The number of rotatable bonds is 2. The maximum atomic E-state index is 6.44. The highest BCUT2D eigenvalue weighted by Gasteiger charge is 2.37. The minimum absolute atomic E-state index is 0.0841. The van der Waals surface area contributed by atoms with Crippen LogP contribution in [0, 0.1) is 0 Å². The zero-order chi connectivity index (χ0) is 23.6. The van der Waals surface area contributed by atoms with E-state index in [9.17, 15) is 0 Å². The summed E-state index contributed by atoms with van der Waals surface area (Å²) in [5, 5.41) is 0. The number of nitrogens with zero attached hydrogens (tertiary/aromatic N) is 1. The van der Waals surface area contributed by atoms with Gasteiger partial charge >= 0.3 is 0 Å². The monoisotopic (exact) mass is 453 g/mol. The molecule has 1 aliphatic heterocycles. The van der Waals surface area contributed by atoms with Gasteiger partial charge in [-0.05, 0) is 75.3 Å². The second kappa shape index (κ2) is 7.31. The van der Waals surface area contributed by atoms with Crippen molar-refractivity contribution in [1.82, 2.24) is 4.98 Å². The van der Waals surface area contributed by atoms with E-state index in [1.54, 1.807) is 6.20 Å². The van der Waals surface area contributed by atoms with E-state index in [0.717, 1.165) is 45.3 Å². The molecular weight excluding hydrogens is 430 g/mol. The van der Waals surface area contributed by atoms with E-state index < -0.39 is 0 Å². The van der Waals surface area contributed by atoms with Crippen LogP contribution in [-0.4, -0.2) is 4.98 Å². The molecule has 168 valence electrons. The van der Waals surface area contributed by atoms with Crippen molar-refractivity contribution >= 4 is 0 Å². The van der Waals surface area contributed by atoms with Crippen LogP contribution in [0.25, 0.3) is 33.4 Å². The number of pyridine rings is 1. The van der Waals surface area contributed by atoms with Crippen molar-refractivity contribution in [2.24, 2.45) is 0 Å². The molecule has 0 spiro atoms. The van der Waals surface area contributed by atoms with E-state index in [1.165, 1.54) is 22.3 Å². The highest BCUT2D eigenvalue weighted by Crippen LogP contribution is 2.55. The molecule has 2 aliphatic rings. The van der Waals surface area contributed by atoms with E-state index in [-0.39, 0.29) is 5.41 Å². The highest BCUT2D eigenvalue weighted by molar-refractivity contribution is 5.83. The van der Waals surface area contributed by atoms with E-state index in [2.05, 4.69) is 97.7 Å². The summed E-state index contributed by atoms with van der Waals surface area (Å²) < 4.78 is 12.8. The van der Waals surface area contributed by atoms with Crippen LogP contribution in [0.2, 0.25) is 0 Å². The molecule has 0 atom stereocenters. The maximum absolute atomic E-state index is 6.44. The molecular formula is C32H23NO2. The second-order valence-electron chi connectivity index (χ2n) is 9.70. The number of hydrogen-bond acceptors (Lipinski definition) is 3. The molecule has 3 nitrogen and oxygen atoms in total. The van der Waals surface area contributed by atoms with Gasteiger partial charge in [0, 0.05) is 23.4 Å². The molecule has 7 rings (SSSR count). The first kappa shape index (κ1) is 20.0. The third-order valence-corrected chi connectivity index (χ3v) is 7.22. The van der Waals surface area contributed by atoms with E-state index in [0.29, 0.717) is 0 Å². The van der Waals surface area contributed by atoms with Gasteiger partial charge in [-0.25, -0.2) is 0 Å². The first-order chi connectivity index (χ1) is 17.1. The van der Waals surface area contributed by atoms with Crippen LogP contribution in [0.5, 0.6) is 23.0 Å². The lowest BCUT2D eigenvalue weighted by atomic mass is 9.82. The lowest BCUT2D eigenvalue weighted by Crippen LogP contribution is -2.15. The SMILES string of the molecule is CC1(C)c2ccccc2-c2cc3c(cc21)Oc1cc(-c2cccc(-c4cccnc4)c2)ccc1O3. The van der Waals surface area contributed by atoms with Gasteiger partial charge in [-0.15, -0.1) is 0 Å². The first-order valence-corrected chi connectivity index (χ1v) is 11.9. The number of aromatic nitrogens is 1. The van der Waals surface area contributed by atoms with Crippen LogP contribution in [0.1, 0.15) is 25.0 Å². The fourth-order valence-corrected chi connectivity index (χ4v) is 5.37. The average Bonchev–Trinajstić information content (AvgIpc) is 3.12. The average molecular weight is 454 g/mol. The zero-order valence-electron chi connectivity index (χ0n) is 19.6. The van der Waals surface area contributed by atoms with Gasteiger partial charge in [-0.3, -0.25) is 4.98 Å². The van der Waals surface area contributed by atoms with Crippen molar-refractivity contribution in [3.63, 3.8) is 0 Å². The Balaban J connectivity index is 1.27. The molecule has 2 heterocycles. The quantitative estimate of drug-likeness (QED) is 0.263. The second-order valence-corrected chi connectivity index (χ2v) is 9.70. The summed E-state index contributed by atoms with van der Waals surface area (Å²) in [6, 6.07) is 31.6. The predicted octanol–water partition coefficient (Wildman–Crippen LogP) is 8.62. The van der Waals surface area contributed by atoms with E-state index >= 15 is 0 Å². The van der Waals surface area contributed by atoms with Gasteiger partial charge in [0.25, 0.3) is 0 Å². The minimum Gasteiger partial charge on any atom is -0.449 e. The number of fused-ring (bicyclic) bond motifs is 5. The van der Waals surface area contributed by atoms with Crippen LogP contribution in [-0.2, 0) is 5.41 Å². The summed E-state index contributed by atoms with van der Waals surface area (Å²) in [5.41, 5.74) is 9.44. The van der Waals surface area contributed by atoms with Gasteiger partial charge in [-0.2, -0.15) is 0 Å². The van der Waals surface area contributed by atoms with Crippen molar-refractivity contribution in [1.29, 1.82) is 0 Å². The lowest BCUT2D eigenvalue weighted by molar-refractivity contribution is 0.359. The molecule has 0 radical (unpaired) electrons. The minimum atomic E-state index is -0.0841. The van der Waals surface area contributed by atoms with Crippen molar-refractivity contribution in [3.8, 4) is 56.4 Å². The van der Waals surface area contributed by atoms with Gasteiger partial charge in [0.05, 0.1) is 0 Å². The zero-order valence-corrected chi connectivity index (χ0v) is 19.6. The molecule has 3 heteroatoms. The van der Waals surface area contributed by atoms with Crippen molar-refractivity contribution in [2.45, 2.75) is 19.3 Å². The number of hydrogen-bond donors (Lipinski definition) is 0. The predicted molar refractivity (Wildman–Crippen MR) is 139 cm³/mol. The smallest absolute Gasteiger partial charge is 0.170 e. The summed E-state index contributed by atoms with van der Waals surface area (Å²) >= 11 is 0. The molecule has 0 bridgehead atoms. The van der Waals surface area contributed by atoms with Crippen molar-refractivity contribution < 1.29 is 9.47 Å². The standard InChI is InChI=1S/C32H23NO2/c1-32(2)26-11-4-3-10-24(26)25-17-30-31(18-27(25)32)35-29-16-22(12-13-28(29)34-30)20-7-5-8-21(15-20)23-9-6-14-33-19-23/h3-19H,1-2H3. The van der Waals surface area contributed by atoms with Crippen LogP contribution < -0.4 is 9.47 Å². The van der Waals surface area contributed by atoms with Crippen molar-refractivity contribution in [3.05, 3.63) is 115 Å². The Morgan fingerprint density at radius 3 is 2.11 bits per heavy atom. The largest absolute Gasteiger partial charge is 0.449 e. The lowest BCUT2D eigenvalue weighted by Gasteiger charge is -2.25. The molecule has 1 aliphatic carbocycles. The van der Waals surface area contributed by atoms with Crippen LogP contribution in [0.15, 0.2) is 103 Å².